The van der Waals surface area contributed by atoms with Crippen LogP contribution in [0.2, 0.25) is 0 Å². The van der Waals surface area contributed by atoms with E-state index in [9.17, 15) is 4.79 Å². The molecular weight excluding hydrogens is 180 g/mol. The Balaban J connectivity index is 2.06. The van der Waals surface area contributed by atoms with Gasteiger partial charge in [-0.3, -0.25) is 0 Å². The molecule has 1 saturated carbocycles. The molecule has 1 heterocycles. The summed E-state index contributed by atoms with van der Waals surface area (Å²) < 4.78 is 6.94. The molecule has 0 atom stereocenters. The molecule has 76 valence electrons. The summed E-state index contributed by atoms with van der Waals surface area (Å²) in [6.45, 7) is 0. The van der Waals surface area contributed by atoms with Gasteiger partial charge in [0.05, 0.1) is 5.69 Å². The highest BCUT2D eigenvalue weighted by Gasteiger charge is 2.23. The fraction of sp³-hybridized carbons (Fsp3) is 0.500. The van der Waals surface area contributed by atoms with Crippen LogP contribution in [-0.2, 0) is 11.8 Å². The summed E-state index contributed by atoms with van der Waals surface area (Å²) in [6, 6.07) is 1.64. The molecule has 0 aliphatic heterocycles. The van der Waals surface area contributed by atoms with Gasteiger partial charge in [0.25, 0.3) is 0 Å². The molecule has 1 aliphatic carbocycles. The maximum atomic E-state index is 11.6. The van der Waals surface area contributed by atoms with E-state index in [1.54, 1.807) is 23.9 Å². The number of anilines is 1. The number of nitrogens with two attached hydrogens (primary N) is 1. The highest BCUT2D eigenvalue weighted by Crippen LogP contribution is 2.23. The molecule has 1 aliphatic rings. The first kappa shape index (κ1) is 9.12. The van der Waals surface area contributed by atoms with Crippen LogP contribution < -0.4 is 5.73 Å². The molecule has 0 spiro atoms. The van der Waals surface area contributed by atoms with Gasteiger partial charge in [-0.25, -0.2) is 4.79 Å². The van der Waals surface area contributed by atoms with Crippen molar-refractivity contribution in [3.05, 3.63) is 18.0 Å². The Morgan fingerprint density at radius 1 is 1.64 bits per heavy atom. The molecule has 1 fully saturated rings. The Morgan fingerprint density at radius 3 is 2.79 bits per heavy atom. The Hall–Kier alpha value is -1.45. The smallest absolute Gasteiger partial charge is 0.355 e. The zero-order chi connectivity index (χ0) is 10.1. The first-order chi connectivity index (χ1) is 6.66. The summed E-state index contributed by atoms with van der Waals surface area (Å²) in [6.07, 6.45) is 4.97. The average Bonchev–Trinajstić information content (AvgIpc) is 2.37. The summed E-state index contributed by atoms with van der Waals surface area (Å²) in [5.41, 5.74) is 6.68. The topological polar surface area (TPSA) is 57.2 Å². The Labute approximate surface area is 82.6 Å². The number of esters is 1. The van der Waals surface area contributed by atoms with E-state index in [0.29, 0.717) is 11.4 Å². The Bertz CT molecular complexity index is 353. The minimum absolute atomic E-state index is 0.124. The average molecular weight is 194 g/mol. The molecule has 2 N–H and O–H groups in total. The number of carbonyl (C=O) groups is 1. The SMILES string of the molecule is Cn1cc(N)cc1C(=O)OC1CCC1. The lowest BCUT2D eigenvalue weighted by atomic mass is 9.96. The number of nitrogens with zero attached hydrogens (tertiary/aromatic N) is 1. The van der Waals surface area contributed by atoms with E-state index >= 15 is 0 Å². The van der Waals surface area contributed by atoms with Crippen LogP contribution in [0.5, 0.6) is 0 Å². The minimum Gasteiger partial charge on any atom is -0.458 e. The lowest BCUT2D eigenvalue weighted by molar-refractivity contribution is 0.00800. The monoisotopic (exact) mass is 194 g/mol. The minimum atomic E-state index is -0.270. The van der Waals surface area contributed by atoms with Crippen molar-refractivity contribution >= 4 is 11.7 Å². The van der Waals surface area contributed by atoms with Crippen LogP contribution in [0, 0.1) is 0 Å². The summed E-state index contributed by atoms with van der Waals surface area (Å²) in [5.74, 6) is -0.270. The van der Waals surface area contributed by atoms with Crippen molar-refractivity contribution in [2.45, 2.75) is 25.4 Å². The van der Waals surface area contributed by atoms with Gasteiger partial charge in [0.2, 0.25) is 0 Å². The third-order valence-electron chi connectivity index (χ3n) is 2.56. The molecule has 4 heteroatoms. The van der Waals surface area contributed by atoms with E-state index in [0.717, 1.165) is 19.3 Å². The molecular formula is C10H14N2O2. The quantitative estimate of drug-likeness (QED) is 0.722. The predicted octanol–water partition coefficient (Wildman–Crippen LogP) is 1.32. The maximum Gasteiger partial charge on any atom is 0.355 e. The zero-order valence-electron chi connectivity index (χ0n) is 8.19. The fourth-order valence-corrected chi connectivity index (χ4v) is 1.49. The molecule has 0 saturated heterocycles. The molecule has 2 rings (SSSR count). The Morgan fingerprint density at radius 2 is 2.36 bits per heavy atom. The van der Waals surface area contributed by atoms with Gasteiger partial charge >= 0.3 is 5.97 Å². The number of aromatic nitrogens is 1. The highest BCUT2D eigenvalue weighted by molar-refractivity contribution is 5.89. The van der Waals surface area contributed by atoms with E-state index < -0.39 is 0 Å². The Kier molecular flexibility index (Phi) is 2.19. The van der Waals surface area contributed by atoms with Crippen LogP contribution in [0.15, 0.2) is 12.3 Å². The number of rotatable bonds is 2. The predicted molar refractivity (Wildman–Crippen MR) is 52.9 cm³/mol. The molecule has 0 aromatic carbocycles. The second kappa shape index (κ2) is 3.36. The lowest BCUT2D eigenvalue weighted by Gasteiger charge is -2.25. The van der Waals surface area contributed by atoms with Gasteiger partial charge in [0.15, 0.2) is 0 Å². The van der Waals surface area contributed by atoms with Crippen molar-refractivity contribution in [3.63, 3.8) is 0 Å². The standard InChI is InChI=1S/C10H14N2O2/c1-12-6-7(11)5-9(12)10(13)14-8-3-2-4-8/h5-6,8H,2-4,11H2,1H3. The largest absolute Gasteiger partial charge is 0.458 e. The number of hydrogen-bond acceptors (Lipinski definition) is 3. The van der Waals surface area contributed by atoms with Crippen LogP contribution >= 0.6 is 0 Å². The summed E-state index contributed by atoms with van der Waals surface area (Å²) >= 11 is 0. The number of carbonyl (C=O) groups excluding carboxylic acids is 1. The van der Waals surface area contributed by atoms with Gasteiger partial charge in [-0.1, -0.05) is 0 Å². The van der Waals surface area contributed by atoms with Crippen molar-refractivity contribution in [1.82, 2.24) is 4.57 Å². The third-order valence-corrected chi connectivity index (χ3v) is 2.56. The van der Waals surface area contributed by atoms with Crippen LogP contribution in [-0.4, -0.2) is 16.6 Å². The van der Waals surface area contributed by atoms with E-state index in [1.165, 1.54) is 0 Å². The van der Waals surface area contributed by atoms with Crippen molar-refractivity contribution in [2.24, 2.45) is 7.05 Å². The van der Waals surface area contributed by atoms with E-state index in [2.05, 4.69) is 0 Å². The first-order valence-electron chi connectivity index (χ1n) is 4.79. The second-order valence-electron chi connectivity index (χ2n) is 3.73. The lowest BCUT2D eigenvalue weighted by Crippen LogP contribution is -2.25. The molecule has 14 heavy (non-hydrogen) atoms. The van der Waals surface area contributed by atoms with Crippen molar-refractivity contribution in [1.29, 1.82) is 0 Å². The van der Waals surface area contributed by atoms with Crippen molar-refractivity contribution in [3.8, 4) is 0 Å². The molecule has 0 unspecified atom stereocenters. The molecule has 1 aromatic heterocycles. The summed E-state index contributed by atoms with van der Waals surface area (Å²) in [4.78, 5) is 11.6. The molecule has 0 amide bonds. The maximum absolute atomic E-state index is 11.6. The van der Waals surface area contributed by atoms with Crippen LogP contribution in [0.25, 0.3) is 0 Å². The summed E-state index contributed by atoms with van der Waals surface area (Å²) in [7, 11) is 1.79. The van der Waals surface area contributed by atoms with Gasteiger partial charge in [-0.15, -0.1) is 0 Å². The third kappa shape index (κ3) is 1.60. The molecule has 4 nitrogen and oxygen atoms in total. The van der Waals surface area contributed by atoms with Gasteiger partial charge in [-0.05, 0) is 25.3 Å². The number of nitrogen functional groups attached to an aromatic ring is 1. The van der Waals surface area contributed by atoms with Crippen LogP contribution in [0.4, 0.5) is 5.69 Å². The van der Waals surface area contributed by atoms with Crippen LogP contribution in [0.1, 0.15) is 29.8 Å². The van der Waals surface area contributed by atoms with Crippen LogP contribution in [0.3, 0.4) is 0 Å². The van der Waals surface area contributed by atoms with Gasteiger partial charge < -0.3 is 15.0 Å². The first-order valence-corrected chi connectivity index (χ1v) is 4.79. The van der Waals surface area contributed by atoms with Gasteiger partial charge in [-0.2, -0.15) is 0 Å². The van der Waals surface area contributed by atoms with Crippen molar-refractivity contribution < 1.29 is 9.53 Å². The fourth-order valence-electron chi connectivity index (χ4n) is 1.49. The summed E-state index contributed by atoms with van der Waals surface area (Å²) in [5, 5.41) is 0. The molecule has 0 radical (unpaired) electrons. The number of hydrogen-bond donors (Lipinski definition) is 1. The van der Waals surface area contributed by atoms with E-state index in [4.69, 9.17) is 10.5 Å². The molecule has 0 bridgehead atoms. The number of ether oxygens (including phenoxy) is 1. The normalized spacial score (nSPS) is 16.4. The number of aryl methyl sites for hydroxylation is 1. The molecule has 1 aromatic rings. The van der Waals surface area contributed by atoms with Crippen molar-refractivity contribution in [2.75, 3.05) is 5.73 Å². The van der Waals surface area contributed by atoms with Gasteiger partial charge in [0.1, 0.15) is 11.8 Å². The second-order valence-corrected chi connectivity index (χ2v) is 3.73. The van der Waals surface area contributed by atoms with Gasteiger partial charge in [0, 0.05) is 13.2 Å². The highest BCUT2D eigenvalue weighted by atomic mass is 16.5. The van der Waals surface area contributed by atoms with E-state index in [1.807, 2.05) is 0 Å². The zero-order valence-corrected chi connectivity index (χ0v) is 8.19. The van der Waals surface area contributed by atoms with E-state index in [-0.39, 0.29) is 12.1 Å².